The Hall–Kier alpha value is -2.43. The molecule has 0 spiro atoms. The van der Waals surface area contributed by atoms with Crippen molar-refractivity contribution in [3.05, 3.63) is 47.5 Å². The molecule has 1 aromatic heterocycles. The van der Waals surface area contributed by atoms with Crippen molar-refractivity contribution in [2.24, 2.45) is 0 Å². The molecule has 2 aromatic rings. The third kappa shape index (κ3) is 2.24. The van der Waals surface area contributed by atoms with Crippen molar-refractivity contribution in [1.29, 1.82) is 0 Å². The quantitative estimate of drug-likeness (QED) is 0.810. The van der Waals surface area contributed by atoms with E-state index in [0.717, 1.165) is 11.3 Å². The van der Waals surface area contributed by atoms with Crippen LogP contribution in [0.15, 0.2) is 30.7 Å². The lowest BCUT2D eigenvalue weighted by Gasteiger charge is -2.26. The van der Waals surface area contributed by atoms with Gasteiger partial charge in [-0.2, -0.15) is 0 Å². The molecule has 0 bridgehead atoms. The lowest BCUT2D eigenvalue weighted by atomic mass is 9.97. The monoisotopic (exact) mass is 283 g/mol. The number of carbonyl (C=O) groups is 2. The van der Waals surface area contributed by atoms with Crippen LogP contribution in [0.5, 0.6) is 0 Å². The van der Waals surface area contributed by atoms with Gasteiger partial charge in [-0.1, -0.05) is 0 Å². The highest BCUT2D eigenvalue weighted by atomic mass is 16.2. The van der Waals surface area contributed by atoms with Crippen molar-refractivity contribution >= 4 is 17.4 Å². The first-order valence-corrected chi connectivity index (χ1v) is 7.06. The van der Waals surface area contributed by atoms with Crippen LogP contribution >= 0.6 is 0 Å². The van der Waals surface area contributed by atoms with Gasteiger partial charge in [0.1, 0.15) is 5.69 Å². The first kappa shape index (κ1) is 13.5. The highest BCUT2D eigenvalue weighted by Gasteiger charge is 2.22. The second-order valence-corrected chi connectivity index (χ2v) is 5.19. The SMILES string of the molecule is CCn1cncc1C(=O)c1ccc2c(c1)CCC(=O)N2C. The number of benzene rings is 1. The number of aryl methyl sites for hydroxylation is 2. The first-order valence-electron chi connectivity index (χ1n) is 7.06. The summed E-state index contributed by atoms with van der Waals surface area (Å²) in [5.41, 5.74) is 3.18. The topological polar surface area (TPSA) is 55.2 Å². The molecular weight excluding hydrogens is 266 g/mol. The van der Waals surface area contributed by atoms with Gasteiger partial charge in [-0.05, 0) is 37.1 Å². The van der Waals surface area contributed by atoms with Crippen molar-refractivity contribution in [3.8, 4) is 0 Å². The van der Waals surface area contributed by atoms with Crippen LogP contribution in [-0.4, -0.2) is 28.3 Å². The maximum atomic E-state index is 12.6. The van der Waals surface area contributed by atoms with Gasteiger partial charge in [0.2, 0.25) is 11.7 Å². The molecule has 5 nitrogen and oxygen atoms in total. The van der Waals surface area contributed by atoms with E-state index < -0.39 is 0 Å². The Kier molecular flexibility index (Phi) is 3.33. The summed E-state index contributed by atoms with van der Waals surface area (Å²) in [7, 11) is 1.77. The van der Waals surface area contributed by atoms with Crippen molar-refractivity contribution in [2.75, 3.05) is 11.9 Å². The van der Waals surface area contributed by atoms with Crippen molar-refractivity contribution in [3.63, 3.8) is 0 Å². The molecule has 1 aliphatic heterocycles. The zero-order valence-electron chi connectivity index (χ0n) is 12.2. The molecule has 0 aliphatic carbocycles. The summed E-state index contributed by atoms with van der Waals surface area (Å²) < 4.78 is 1.83. The predicted octanol–water partition coefficient (Wildman–Crippen LogP) is 2.04. The summed E-state index contributed by atoms with van der Waals surface area (Å²) in [5, 5.41) is 0. The highest BCUT2D eigenvalue weighted by molar-refractivity contribution is 6.08. The van der Waals surface area contributed by atoms with Crippen molar-refractivity contribution in [2.45, 2.75) is 26.3 Å². The normalized spacial score (nSPS) is 14.2. The lowest BCUT2D eigenvalue weighted by Crippen LogP contribution is -2.31. The van der Waals surface area contributed by atoms with Crippen LogP contribution in [0.4, 0.5) is 5.69 Å². The number of anilines is 1. The van der Waals surface area contributed by atoms with Gasteiger partial charge in [0.05, 0.1) is 12.5 Å². The largest absolute Gasteiger partial charge is 0.328 e. The molecule has 1 aromatic carbocycles. The Labute approximate surface area is 123 Å². The summed E-state index contributed by atoms with van der Waals surface area (Å²) >= 11 is 0. The molecule has 5 heteroatoms. The lowest BCUT2D eigenvalue weighted by molar-refractivity contribution is -0.118. The molecule has 0 saturated heterocycles. The number of hydrogen-bond acceptors (Lipinski definition) is 3. The third-order valence-electron chi connectivity index (χ3n) is 3.97. The van der Waals surface area contributed by atoms with Crippen LogP contribution in [-0.2, 0) is 17.8 Å². The van der Waals surface area contributed by atoms with Crippen LogP contribution in [0.25, 0.3) is 0 Å². The second-order valence-electron chi connectivity index (χ2n) is 5.19. The number of aromatic nitrogens is 2. The van der Waals surface area contributed by atoms with Crippen molar-refractivity contribution in [1.82, 2.24) is 9.55 Å². The number of nitrogens with zero attached hydrogens (tertiary/aromatic N) is 3. The molecule has 1 amide bonds. The van der Waals surface area contributed by atoms with E-state index in [0.29, 0.717) is 30.6 Å². The van der Waals surface area contributed by atoms with Crippen LogP contribution in [0.1, 0.15) is 35.0 Å². The van der Waals surface area contributed by atoms with Crippen LogP contribution < -0.4 is 4.90 Å². The van der Waals surface area contributed by atoms with Gasteiger partial charge in [-0.3, -0.25) is 9.59 Å². The predicted molar refractivity (Wildman–Crippen MR) is 79.5 cm³/mol. The Morgan fingerprint density at radius 2 is 2.14 bits per heavy atom. The van der Waals surface area contributed by atoms with E-state index in [1.54, 1.807) is 30.5 Å². The van der Waals surface area contributed by atoms with Crippen molar-refractivity contribution < 1.29 is 9.59 Å². The summed E-state index contributed by atoms with van der Waals surface area (Å²) in [4.78, 5) is 30.0. The van der Waals surface area contributed by atoms with Crippen LogP contribution in [0.2, 0.25) is 0 Å². The molecule has 0 radical (unpaired) electrons. The number of hydrogen-bond donors (Lipinski definition) is 0. The summed E-state index contributed by atoms with van der Waals surface area (Å²) in [6.07, 6.45) is 4.44. The molecule has 1 aliphatic rings. The minimum Gasteiger partial charge on any atom is -0.328 e. The Balaban J connectivity index is 1.98. The van der Waals surface area contributed by atoms with Gasteiger partial charge in [-0.25, -0.2) is 4.98 Å². The Bertz CT molecular complexity index is 718. The second kappa shape index (κ2) is 5.16. The summed E-state index contributed by atoms with van der Waals surface area (Å²) in [5.74, 6) is 0.0855. The highest BCUT2D eigenvalue weighted by Crippen LogP contribution is 2.28. The number of carbonyl (C=O) groups excluding carboxylic acids is 2. The molecule has 3 rings (SSSR count). The molecule has 2 heterocycles. The summed E-state index contributed by atoms with van der Waals surface area (Å²) in [6.45, 7) is 2.69. The maximum Gasteiger partial charge on any atom is 0.227 e. The smallest absolute Gasteiger partial charge is 0.227 e. The molecule has 0 saturated carbocycles. The number of fused-ring (bicyclic) bond motifs is 1. The van der Waals surface area contributed by atoms with Gasteiger partial charge < -0.3 is 9.47 Å². The standard InChI is InChI=1S/C16H17N3O2/c1-3-19-10-17-9-14(19)16(21)12-4-6-13-11(8-12)5-7-15(20)18(13)2/h4,6,8-10H,3,5,7H2,1-2H3. The van der Waals surface area contributed by atoms with E-state index in [2.05, 4.69) is 4.98 Å². The number of imidazole rings is 1. The Morgan fingerprint density at radius 3 is 2.90 bits per heavy atom. The fourth-order valence-corrected chi connectivity index (χ4v) is 2.71. The van der Waals surface area contributed by atoms with E-state index in [9.17, 15) is 9.59 Å². The number of ketones is 1. The molecule has 0 N–H and O–H groups in total. The van der Waals surface area contributed by atoms with Gasteiger partial charge in [0.15, 0.2) is 0 Å². The van der Waals surface area contributed by atoms with E-state index in [-0.39, 0.29) is 11.7 Å². The van der Waals surface area contributed by atoms with E-state index in [4.69, 9.17) is 0 Å². The van der Waals surface area contributed by atoms with Gasteiger partial charge >= 0.3 is 0 Å². The van der Waals surface area contributed by atoms with Crippen LogP contribution in [0, 0.1) is 0 Å². The zero-order chi connectivity index (χ0) is 15.0. The average Bonchev–Trinajstić information content (AvgIpc) is 2.98. The van der Waals surface area contributed by atoms with Gasteiger partial charge in [0, 0.05) is 31.3 Å². The molecule has 0 unspecified atom stereocenters. The molecule has 0 atom stereocenters. The number of rotatable bonds is 3. The molecular formula is C16H17N3O2. The molecule has 108 valence electrons. The Morgan fingerprint density at radius 1 is 1.33 bits per heavy atom. The molecule has 21 heavy (non-hydrogen) atoms. The average molecular weight is 283 g/mol. The van der Waals surface area contributed by atoms with E-state index >= 15 is 0 Å². The fraction of sp³-hybridized carbons (Fsp3) is 0.312. The van der Waals surface area contributed by atoms with Gasteiger partial charge in [0.25, 0.3) is 0 Å². The van der Waals surface area contributed by atoms with E-state index in [1.165, 1.54) is 0 Å². The minimum absolute atomic E-state index is 0.0308. The van der Waals surface area contributed by atoms with E-state index in [1.807, 2.05) is 23.6 Å². The third-order valence-corrected chi connectivity index (χ3v) is 3.97. The zero-order valence-corrected chi connectivity index (χ0v) is 12.2. The van der Waals surface area contributed by atoms with Gasteiger partial charge in [-0.15, -0.1) is 0 Å². The fourth-order valence-electron chi connectivity index (χ4n) is 2.71. The summed E-state index contributed by atoms with van der Waals surface area (Å²) in [6, 6.07) is 5.53. The van der Waals surface area contributed by atoms with Crippen LogP contribution in [0.3, 0.4) is 0 Å². The maximum absolute atomic E-state index is 12.6. The number of amides is 1. The first-order chi connectivity index (χ1) is 10.1. The minimum atomic E-state index is -0.0308. The molecule has 0 fully saturated rings.